The molecular weight excluding hydrogens is 244 g/mol. The van der Waals surface area contributed by atoms with E-state index in [-0.39, 0.29) is 23.9 Å². The van der Waals surface area contributed by atoms with Crippen LogP contribution in [0.15, 0.2) is 18.2 Å². The molecule has 1 aromatic carbocycles. The van der Waals surface area contributed by atoms with Gasteiger partial charge in [-0.15, -0.1) is 0 Å². The first-order valence-corrected chi connectivity index (χ1v) is 6.64. The molecule has 2 saturated heterocycles. The van der Waals surface area contributed by atoms with Crippen LogP contribution in [0.1, 0.15) is 31.0 Å². The highest BCUT2D eigenvalue weighted by molar-refractivity contribution is 5.84. The Balaban J connectivity index is 1.89. The van der Waals surface area contributed by atoms with Gasteiger partial charge >= 0.3 is 0 Å². The third-order valence-corrected chi connectivity index (χ3v) is 3.98. The second kappa shape index (κ2) is 4.74. The van der Waals surface area contributed by atoms with Crippen molar-refractivity contribution in [1.82, 2.24) is 10.2 Å². The maximum Gasteiger partial charge on any atom is 0.238 e. The van der Waals surface area contributed by atoms with Gasteiger partial charge in [0.2, 0.25) is 5.91 Å². The number of aromatic hydroxyl groups is 1. The number of methoxy groups -OCH3 is 1. The summed E-state index contributed by atoms with van der Waals surface area (Å²) in [7, 11) is 1.52. The van der Waals surface area contributed by atoms with E-state index in [0.29, 0.717) is 5.75 Å². The van der Waals surface area contributed by atoms with Gasteiger partial charge in [-0.1, -0.05) is 12.5 Å². The van der Waals surface area contributed by atoms with Crippen molar-refractivity contribution in [3.63, 3.8) is 0 Å². The van der Waals surface area contributed by atoms with Crippen LogP contribution in [-0.4, -0.2) is 35.6 Å². The predicted octanol–water partition coefficient (Wildman–Crippen LogP) is 1.38. The third-order valence-electron chi connectivity index (χ3n) is 3.98. The second-order valence-electron chi connectivity index (χ2n) is 5.09. The normalized spacial score (nSPS) is 26.9. The number of amides is 1. The number of ether oxygens (including phenoxy) is 1. The molecule has 1 amide bonds. The van der Waals surface area contributed by atoms with Crippen LogP contribution in [-0.2, 0) is 4.79 Å². The van der Waals surface area contributed by atoms with Crippen LogP contribution in [0.3, 0.4) is 0 Å². The maximum absolute atomic E-state index is 12.0. The van der Waals surface area contributed by atoms with Crippen molar-refractivity contribution in [2.75, 3.05) is 13.7 Å². The highest BCUT2D eigenvalue weighted by Crippen LogP contribution is 2.35. The predicted molar refractivity (Wildman–Crippen MR) is 69.9 cm³/mol. The Labute approximate surface area is 112 Å². The molecule has 2 aliphatic heterocycles. The first kappa shape index (κ1) is 12.3. The minimum atomic E-state index is -0.130. The minimum absolute atomic E-state index is 0.0111. The summed E-state index contributed by atoms with van der Waals surface area (Å²) < 4.78 is 5.04. The number of carbonyl (C=O) groups is 1. The van der Waals surface area contributed by atoms with Crippen LogP contribution in [0.4, 0.5) is 0 Å². The smallest absolute Gasteiger partial charge is 0.238 e. The molecule has 0 spiro atoms. The number of hydrogen-bond donors (Lipinski definition) is 2. The first-order valence-electron chi connectivity index (χ1n) is 6.64. The Morgan fingerprint density at radius 2 is 2.26 bits per heavy atom. The Bertz CT molecular complexity index is 503. The summed E-state index contributed by atoms with van der Waals surface area (Å²) in [5.41, 5.74) is 0.899. The maximum atomic E-state index is 12.0. The third kappa shape index (κ3) is 2.04. The molecule has 2 fully saturated rings. The lowest BCUT2D eigenvalue weighted by Crippen LogP contribution is -2.38. The van der Waals surface area contributed by atoms with Gasteiger partial charge in [0.05, 0.1) is 13.2 Å². The standard InChI is InChI=1S/C14H18N2O3/c1-19-12-6-5-9(8-11(12)17)13-15-14(18)10-4-2-3-7-16(10)13/h5-6,8,10,13,17H,2-4,7H2,1H3,(H,15,18). The zero-order valence-corrected chi connectivity index (χ0v) is 10.9. The van der Waals surface area contributed by atoms with Crippen LogP contribution in [0.5, 0.6) is 11.5 Å². The number of rotatable bonds is 2. The van der Waals surface area contributed by atoms with Gasteiger partial charge in [0.15, 0.2) is 11.5 Å². The molecule has 2 N–H and O–H groups in total. The van der Waals surface area contributed by atoms with Crippen molar-refractivity contribution in [2.45, 2.75) is 31.5 Å². The lowest BCUT2D eigenvalue weighted by atomic mass is 10.0. The van der Waals surface area contributed by atoms with Crippen molar-refractivity contribution >= 4 is 5.91 Å². The molecule has 19 heavy (non-hydrogen) atoms. The molecule has 0 aliphatic carbocycles. The molecule has 5 heteroatoms. The second-order valence-corrected chi connectivity index (χ2v) is 5.09. The van der Waals surface area contributed by atoms with E-state index in [1.165, 1.54) is 7.11 Å². The zero-order chi connectivity index (χ0) is 13.4. The van der Waals surface area contributed by atoms with E-state index in [9.17, 15) is 9.90 Å². The average molecular weight is 262 g/mol. The number of phenolic OH excluding ortho intramolecular Hbond substituents is 1. The number of nitrogens with one attached hydrogen (secondary N) is 1. The van der Waals surface area contributed by atoms with Gasteiger partial charge in [0, 0.05) is 6.54 Å². The molecule has 2 heterocycles. The van der Waals surface area contributed by atoms with Gasteiger partial charge in [-0.05, 0) is 30.5 Å². The van der Waals surface area contributed by atoms with Gasteiger partial charge in [0.1, 0.15) is 6.17 Å². The van der Waals surface area contributed by atoms with Crippen LogP contribution in [0.25, 0.3) is 0 Å². The minimum Gasteiger partial charge on any atom is -0.504 e. The van der Waals surface area contributed by atoms with Crippen LogP contribution in [0.2, 0.25) is 0 Å². The van der Waals surface area contributed by atoms with Gasteiger partial charge in [-0.25, -0.2) is 0 Å². The van der Waals surface area contributed by atoms with Crippen molar-refractivity contribution in [3.8, 4) is 11.5 Å². The zero-order valence-electron chi connectivity index (χ0n) is 10.9. The van der Waals surface area contributed by atoms with E-state index in [2.05, 4.69) is 10.2 Å². The summed E-state index contributed by atoms with van der Waals surface area (Å²) in [6.07, 6.45) is 3.01. The fraction of sp³-hybridized carbons (Fsp3) is 0.500. The number of hydrogen-bond acceptors (Lipinski definition) is 4. The molecule has 102 valence electrons. The van der Waals surface area contributed by atoms with E-state index in [1.807, 2.05) is 6.07 Å². The van der Waals surface area contributed by atoms with E-state index >= 15 is 0 Å². The summed E-state index contributed by atoms with van der Waals surface area (Å²) in [5.74, 6) is 0.651. The van der Waals surface area contributed by atoms with E-state index in [0.717, 1.165) is 31.4 Å². The first-order chi connectivity index (χ1) is 9.20. The average Bonchev–Trinajstić information content (AvgIpc) is 2.77. The number of piperidine rings is 1. The highest BCUT2D eigenvalue weighted by atomic mass is 16.5. The molecule has 3 rings (SSSR count). The molecule has 5 nitrogen and oxygen atoms in total. The quantitative estimate of drug-likeness (QED) is 0.845. The van der Waals surface area contributed by atoms with Crippen molar-refractivity contribution in [1.29, 1.82) is 0 Å². The topological polar surface area (TPSA) is 61.8 Å². The Morgan fingerprint density at radius 1 is 1.42 bits per heavy atom. The van der Waals surface area contributed by atoms with Gasteiger partial charge < -0.3 is 15.2 Å². The monoisotopic (exact) mass is 262 g/mol. The summed E-state index contributed by atoms with van der Waals surface area (Å²) in [6, 6.07) is 5.28. The van der Waals surface area contributed by atoms with Crippen molar-refractivity contribution in [3.05, 3.63) is 23.8 Å². The Morgan fingerprint density at radius 3 is 3.00 bits per heavy atom. The lowest BCUT2D eigenvalue weighted by Gasteiger charge is -2.31. The van der Waals surface area contributed by atoms with Gasteiger partial charge in [-0.2, -0.15) is 0 Å². The van der Waals surface area contributed by atoms with E-state index in [1.54, 1.807) is 12.1 Å². The van der Waals surface area contributed by atoms with E-state index in [4.69, 9.17) is 4.74 Å². The fourth-order valence-corrected chi connectivity index (χ4v) is 3.01. The Kier molecular flexibility index (Phi) is 3.06. The molecular formula is C14H18N2O3. The molecule has 2 aliphatic rings. The molecule has 2 unspecified atom stereocenters. The number of nitrogens with zero attached hydrogens (tertiary/aromatic N) is 1. The number of fused-ring (bicyclic) bond motifs is 1. The molecule has 0 bridgehead atoms. The molecule has 0 saturated carbocycles. The fourth-order valence-electron chi connectivity index (χ4n) is 3.01. The van der Waals surface area contributed by atoms with Gasteiger partial charge in [-0.3, -0.25) is 9.69 Å². The van der Waals surface area contributed by atoms with E-state index < -0.39 is 0 Å². The molecule has 2 atom stereocenters. The van der Waals surface area contributed by atoms with Crippen LogP contribution in [0, 0.1) is 0 Å². The summed E-state index contributed by atoms with van der Waals surface area (Å²) in [6.45, 7) is 0.918. The molecule has 1 aromatic rings. The van der Waals surface area contributed by atoms with Crippen molar-refractivity contribution in [2.24, 2.45) is 0 Å². The van der Waals surface area contributed by atoms with Crippen LogP contribution >= 0.6 is 0 Å². The van der Waals surface area contributed by atoms with Gasteiger partial charge in [0.25, 0.3) is 0 Å². The highest BCUT2D eigenvalue weighted by Gasteiger charge is 2.41. The number of benzene rings is 1. The summed E-state index contributed by atoms with van der Waals surface area (Å²) >= 11 is 0. The SMILES string of the molecule is COc1ccc(C2NC(=O)C3CCCCN32)cc1O. The van der Waals surface area contributed by atoms with Crippen molar-refractivity contribution < 1.29 is 14.6 Å². The summed E-state index contributed by atoms with van der Waals surface area (Å²) in [5, 5.41) is 12.9. The molecule has 0 radical (unpaired) electrons. The summed E-state index contributed by atoms with van der Waals surface area (Å²) in [4.78, 5) is 14.1. The number of phenols is 1. The Hall–Kier alpha value is -1.75. The number of carbonyl (C=O) groups excluding carboxylic acids is 1. The largest absolute Gasteiger partial charge is 0.504 e. The van der Waals surface area contributed by atoms with Crippen LogP contribution < -0.4 is 10.1 Å². The lowest BCUT2D eigenvalue weighted by molar-refractivity contribution is -0.122. The molecule has 0 aromatic heterocycles.